The van der Waals surface area contributed by atoms with Crippen molar-refractivity contribution in [1.29, 1.82) is 0 Å². The monoisotopic (exact) mass is 186 g/mol. The summed E-state index contributed by atoms with van der Waals surface area (Å²) in [6.45, 7) is 2.13. The van der Waals surface area contributed by atoms with E-state index in [9.17, 15) is 0 Å². The van der Waals surface area contributed by atoms with Crippen LogP contribution in [-0.4, -0.2) is 20.2 Å². The van der Waals surface area contributed by atoms with Crippen LogP contribution in [0.3, 0.4) is 0 Å². The van der Waals surface area contributed by atoms with Gasteiger partial charge in [0.1, 0.15) is 0 Å². The number of aromatic amines is 2. The summed E-state index contributed by atoms with van der Waals surface area (Å²) in [4.78, 5) is 8.57. The fraction of sp³-hybridized carbons (Fsp3) is 0.200. The standard InChI is InChI=1S/C10H10N4/c1-2-6-3-11-10-8(6)9-7(4-12-10)5-13-14-9/h3-5,13-14H,2H2,1H3. The number of rotatable bonds is 1. The maximum absolute atomic E-state index is 4.30. The Labute approximate surface area is 80.4 Å². The maximum atomic E-state index is 4.30. The van der Waals surface area contributed by atoms with Crippen LogP contribution < -0.4 is 0 Å². The molecule has 0 aliphatic heterocycles. The lowest BCUT2D eigenvalue weighted by atomic mass is 10.1. The van der Waals surface area contributed by atoms with E-state index in [2.05, 4.69) is 27.1 Å². The molecule has 14 heavy (non-hydrogen) atoms. The molecule has 0 unspecified atom stereocenters. The van der Waals surface area contributed by atoms with Gasteiger partial charge in [-0.25, -0.2) is 9.97 Å². The number of H-pyrrole nitrogens is 2. The summed E-state index contributed by atoms with van der Waals surface area (Å²) in [5.41, 5.74) is 3.17. The van der Waals surface area contributed by atoms with Crippen molar-refractivity contribution in [2.45, 2.75) is 13.3 Å². The Morgan fingerprint density at radius 2 is 2.14 bits per heavy atom. The summed E-state index contributed by atoms with van der Waals surface area (Å²) >= 11 is 0. The molecule has 3 aromatic rings. The molecule has 0 saturated carbocycles. The second-order valence-electron chi connectivity index (χ2n) is 3.34. The third-order valence-electron chi connectivity index (χ3n) is 2.56. The normalized spacial score (nSPS) is 11.5. The van der Waals surface area contributed by atoms with Gasteiger partial charge in [0, 0.05) is 29.4 Å². The Morgan fingerprint density at radius 1 is 1.29 bits per heavy atom. The highest BCUT2D eigenvalue weighted by atomic mass is 15.1. The van der Waals surface area contributed by atoms with Gasteiger partial charge in [0.2, 0.25) is 0 Å². The van der Waals surface area contributed by atoms with Crippen LogP contribution in [0.4, 0.5) is 0 Å². The lowest BCUT2D eigenvalue weighted by Crippen LogP contribution is -1.80. The smallest absolute Gasteiger partial charge is 0.161 e. The van der Waals surface area contributed by atoms with Gasteiger partial charge in [-0.2, -0.15) is 0 Å². The van der Waals surface area contributed by atoms with Gasteiger partial charge in [-0.15, -0.1) is 0 Å². The fourth-order valence-corrected chi connectivity index (χ4v) is 1.82. The van der Waals surface area contributed by atoms with Crippen molar-refractivity contribution >= 4 is 21.9 Å². The van der Waals surface area contributed by atoms with E-state index in [0.717, 1.165) is 28.4 Å². The van der Waals surface area contributed by atoms with Crippen molar-refractivity contribution < 1.29 is 0 Å². The molecule has 2 N–H and O–H groups in total. The van der Waals surface area contributed by atoms with Gasteiger partial charge < -0.3 is 5.10 Å². The molecule has 0 aliphatic carbocycles. The molecule has 0 aliphatic rings. The van der Waals surface area contributed by atoms with Gasteiger partial charge in [-0.1, -0.05) is 6.92 Å². The Hall–Kier alpha value is -1.84. The van der Waals surface area contributed by atoms with Gasteiger partial charge in [-0.3, -0.25) is 5.10 Å². The molecule has 4 heteroatoms. The minimum atomic E-state index is 0.824. The Bertz CT molecular complexity index is 590. The zero-order valence-corrected chi connectivity index (χ0v) is 7.83. The second-order valence-corrected chi connectivity index (χ2v) is 3.34. The van der Waals surface area contributed by atoms with E-state index in [1.807, 2.05) is 18.6 Å². The summed E-state index contributed by atoms with van der Waals surface area (Å²) in [6.07, 6.45) is 6.62. The topological polar surface area (TPSA) is 57.4 Å². The Morgan fingerprint density at radius 3 is 3.00 bits per heavy atom. The van der Waals surface area contributed by atoms with Gasteiger partial charge in [0.25, 0.3) is 0 Å². The highest BCUT2D eigenvalue weighted by Crippen LogP contribution is 2.24. The molecule has 0 spiro atoms. The van der Waals surface area contributed by atoms with E-state index < -0.39 is 0 Å². The number of nitrogens with zero attached hydrogens (tertiary/aromatic N) is 2. The van der Waals surface area contributed by atoms with Crippen LogP contribution in [0.2, 0.25) is 0 Å². The highest BCUT2D eigenvalue weighted by Gasteiger charge is 2.08. The van der Waals surface area contributed by atoms with E-state index in [-0.39, 0.29) is 0 Å². The number of pyridine rings is 1. The first-order valence-corrected chi connectivity index (χ1v) is 4.68. The molecular formula is C10H10N4. The van der Waals surface area contributed by atoms with Crippen LogP contribution in [-0.2, 0) is 6.42 Å². The molecule has 0 atom stereocenters. The summed E-state index contributed by atoms with van der Waals surface area (Å²) in [5.74, 6) is 0. The summed E-state index contributed by atoms with van der Waals surface area (Å²) in [5, 5.41) is 8.34. The van der Waals surface area contributed by atoms with Crippen molar-refractivity contribution in [3.05, 3.63) is 24.2 Å². The lowest BCUT2D eigenvalue weighted by Gasteiger charge is -1.94. The predicted octanol–water partition coefficient (Wildman–Crippen LogP) is 2.00. The Balaban J connectivity index is 2.58. The number of aromatic nitrogens is 4. The number of hydrogen-bond acceptors (Lipinski definition) is 2. The van der Waals surface area contributed by atoms with E-state index in [0.29, 0.717) is 0 Å². The van der Waals surface area contributed by atoms with Crippen LogP contribution in [0, 0.1) is 0 Å². The molecule has 3 aromatic heterocycles. The molecule has 3 rings (SSSR count). The minimum absolute atomic E-state index is 0.824. The molecular weight excluding hydrogens is 176 g/mol. The molecule has 0 bridgehead atoms. The van der Waals surface area contributed by atoms with Gasteiger partial charge in [-0.05, 0) is 12.0 Å². The van der Waals surface area contributed by atoms with Crippen LogP contribution in [0.5, 0.6) is 0 Å². The number of fused-ring (bicyclic) bond motifs is 3. The molecule has 0 fully saturated rings. The SMILES string of the molecule is CCc1cnc2ncc3c[nH][nH]c3c12. The summed E-state index contributed by atoms with van der Waals surface area (Å²) < 4.78 is 0. The van der Waals surface area contributed by atoms with Crippen molar-refractivity contribution in [2.24, 2.45) is 0 Å². The average Bonchev–Trinajstić information content (AvgIpc) is 2.82. The van der Waals surface area contributed by atoms with Crippen LogP contribution in [0.15, 0.2) is 18.6 Å². The zero-order valence-electron chi connectivity index (χ0n) is 7.83. The quantitative estimate of drug-likeness (QED) is 0.610. The largest absolute Gasteiger partial charge is 0.307 e. The molecule has 0 radical (unpaired) electrons. The Kier molecular flexibility index (Phi) is 1.39. The number of nitrogens with one attached hydrogen (secondary N) is 2. The number of aryl methyl sites for hydroxylation is 1. The van der Waals surface area contributed by atoms with Gasteiger partial charge >= 0.3 is 0 Å². The zero-order chi connectivity index (χ0) is 9.54. The summed E-state index contributed by atoms with van der Waals surface area (Å²) in [6, 6.07) is 0. The van der Waals surface area contributed by atoms with E-state index >= 15 is 0 Å². The summed E-state index contributed by atoms with van der Waals surface area (Å²) in [7, 11) is 0. The first-order chi connectivity index (χ1) is 6.90. The van der Waals surface area contributed by atoms with E-state index in [1.165, 1.54) is 5.56 Å². The highest BCUT2D eigenvalue weighted by molar-refractivity contribution is 6.03. The minimum Gasteiger partial charge on any atom is -0.307 e. The molecule has 0 aromatic carbocycles. The van der Waals surface area contributed by atoms with E-state index in [1.54, 1.807) is 0 Å². The molecule has 4 nitrogen and oxygen atoms in total. The van der Waals surface area contributed by atoms with Crippen LogP contribution in [0.1, 0.15) is 12.5 Å². The maximum Gasteiger partial charge on any atom is 0.161 e. The first-order valence-electron chi connectivity index (χ1n) is 4.68. The van der Waals surface area contributed by atoms with Crippen LogP contribution >= 0.6 is 0 Å². The van der Waals surface area contributed by atoms with E-state index in [4.69, 9.17) is 0 Å². The van der Waals surface area contributed by atoms with Gasteiger partial charge in [0.15, 0.2) is 5.65 Å². The molecule has 0 saturated heterocycles. The fourth-order valence-electron chi connectivity index (χ4n) is 1.82. The third-order valence-corrected chi connectivity index (χ3v) is 2.56. The molecule has 70 valence electrons. The van der Waals surface area contributed by atoms with Crippen molar-refractivity contribution in [3.8, 4) is 0 Å². The average molecular weight is 186 g/mol. The molecule has 0 amide bonds. The van der Waals surface area contributed by atoms with Crippen molar-refractivity contribution in [2.75, 3.05) is 0 Å². The number of hydrogen-bond donors (Lipinski definition) is 2. The lowest BCUT2D eigenvalue weighted by molar-refractivity contribution is 1.12. The second kappa shape index (κ2) is 2.57. The van der Waals surface area contributed by atoms with Crippen LogP contribution in [0.25, 0.3) is 21.9 Å². The third kappa shape index (κ3) is 0.824. The van der Waals surface area contributed by atoms with Gasteiger partial charge in [0.05, 0.1) is 5.52 Å². The first kappa shape index (κ1) is 7.55. The predicted molar refractivity (Wildman–Crippen MR) is 55.1 cm³/mol. The van der Waals surface area contributed by atoms with Crippen molar-refractivity contribution in [1.82, 2.24) is 20.2 Å². The molecule has 3 heterocycles. The van der Waals surface area contributed by atoms with Crippen molar-refractivity contribution in [3.63, 3.8) is 0 Å².